The van der Waals surface area contributed by atoms with Crippen LogP contribution in [0, 0.1) is 0 Å². The van der Waals surface area contributed by atoms with E-state index in [1.165, 1.54) is 37.8 Å². The molecule has 0 N–H and O–H groups in total. The minimum Gasteiger partial charge on any atom is -0.505 e. The molecule has 1 aromatic carbocycles. The maximum Gasteiger partial charge on any atom is 0.0784 e. The number of likely N-dealkylation sites (tertiary alicyclic amines) is 1. The van der Waals surface area contributed by atoms with Gasteiger partial charge in [0.15, 0.2) is 0 Å². The number of benzene rings is 1. The zero-order chi connectivity index (χ0) is 13.3. The first-order valence-corrected chi connectivity index (χ1v) is 7.36. The lowest BCUT2D eigenvalue weighted by atomic mass is 9.97. The average Bonchev–Trinajstić information content (AvgIpc) is 2.46. The molecule has 2 heteroatoms. The van der Waals surface area contributed by atoms with Gasteiger partial charge in [-0.1, -0.05) is 36.8 Å². The second-order valence-electron chi connectivity index (χ2n) is 5.29. The van der Waals surface area contributed by atoms with Gasteiger partial charge in [0.2, 0.25) is 0 Å². The third-order valence-corrected chi connectivity index (χ3v) is 3.88. The summed E-state index contributed by atoms with van der Waals surface area (Å²) < 4.78 is 4.96. The lowest BCUT2D eigenvalue weighted by Gasteiger charge is -2.35. The van der Waals surface area contributed by atoms with Crippen LogP contribution < -0.4 is 0 Å². The molecule has 2 nitrogen and oxygen atoms in total. The minimum atomic E-state index is 0.732. The van der Waals surface area contributed by atoms with Gasteiger partial charge in [-0.25, -0.2) is 0 Å². The number of hydrogen-bond donors (Lipinski definition) is 0. The SMILES string of the molecule is COC=CCC[C@H]1CCCCN1Cc1ccccc1. The van der Waals surface area contributed by atoms with Crippen LogP contribution in [0.25, 0.3) is 0 Å². The monoisotopic (exact) mass is 259 g/mol. The molecular weight excluding hydrogens is 234 g/mol. The van der Waals surface area contributed by atoms with Crippen molar-refractivity contribution in [3.8, 4) is 0 Å². The molecule has 104 valence electrons. The van der Waals surface area contributed by atoms with E-state index in [1.54, 1.807) is 13.4 Å². The topological polar surface area (TPSA) is 12.5 Å². The van der Waals surface area contributed by atoms with E-state index in [1.807, 2.05) is 0 Å². The van der Waals surface area contributed by atoms with E-state index in [-0.39, 0.29) is 0 Å². The van der Waals surface area contributed by atoms with Crippen molar-refractivity contribution in [3.05, 3.63) is 48.2 Å². The molecular formula is C17H25NO. The molecule has 0 aromatic heterocycles. The van der Waals surface area contributed by atoms with E-state index in [4.69, 9.17) is 4.74 Å². The van der Waals surface area contributed by atoms with Gasteiger partial charge in [0.05, 0.1) is 13.4 Å². The van der Waals surface area contributed by atoms with Crippen LogP contribution in [-0.2, 0) is 11.3 Å². The number of rotatable bonds is 6. The second kappa shape index (κ2) is 8.00. The van der Waals surface area contributed by atoms with E-state index in [9.17, 15) is 0 Å². The highest BCUT2D eigenvalue weighted by molar-refractivity contribution is 5.14. The molecule has 1 heterocycles. The maximum atomic E-state index is 4.96. The Bertz CT molecular complexity index is 374. The van der Waals surface area contributed by atoms with Crippen molar-refractivity contribution in [3.63, 3.8) is 0 Å². The largest absolute Gasteiger partial charge is 0.505 e. The zero-order valence-electron chi connectivity index (χ0n) is 11.9. The van der Waals surface area contributed by atoms with Gasteiger partial charge >= 0.3 is 0 Å². The normalized spacial score (nSPS) is 20.8. The molecule has 1 atom stereocenters. The molecule has 1 aliphatic heterocycles. The first kappa shape index (κ1) is 14.1. The molecule has 0 aliphatic carbocycles. The lowest BCUT2D eigenvalue weighted by Crippen LogP contribution is -2.38. The van der Waals surface area contributed by atoms with Crippen molar-refractivity contribution in [1.82, 2.24) is 4.90 Å². The third kappa shape index (κ3) is 4.71. The highest BCUT2D eigenvalue weighted by Crippen LogP contribution is 2.23. The van der Waals surface area contributed by atoms with Gasteiger partial charge in [-0.3, -0.25) is 4.90 Å². The first-order valence-electron chi connectivity index (χ1n) is 7.36. The molecule has 1 aromatic rings. The summed E-state index contributed by atoms with van der Waals surface area (Å²) in [5, 5.41) is 0. The quantitative estimate of drug-likeness (QED) is 0.716. The molecule has 1 saturated heterocycles. The van der Waals surface area contributed by atoms with Crippen LogP contribution in [0.3, 0.4) is 0 Å². The van der Waals surface area contributed by atoms with Gasteiger partial charge in [-0.05, 0) is 43.9 Å². The van der Waals surface area contributed by atoms with E-state index in [0.29, 0.717) is 0 Å². The highest BCUT2D eigenvalue weighted by atomic mass is 16.5. The van der Waals surface area contributed by atoms with E-state index in [0.717, 1.165) is 19.0 Å². The predicted octanol–water partition coefficient (Wildman–Crippen LogP) is 3.98. The molecule has 0 amide bonds. The number of hydrogen-bond acceptors (Lipinski definition) is 2. The highest BCUT2D eigenvalue weighted by Gasteiger charge is 2.21. The summed E-state index contributed by atoms with van der Waals surface area (Å²) in [6, 6.07) is 11.6. The summed E-state index contributed by atoms with van der Waals surface area (Å²) in [4.78, 5) is 2.65. The fourth-order valence-electron chi connectivity index (χ4n) is 2.87. The molecule has 0 bridgehead atoms. The number of piperidine rings is 1. The fourth-order valence-corrected chi connectivity index (χ4v) is 2.87. The summed E-state index contributed by atoms with van der Waals surface area (Å²) in [6.45, 7) is 2.34. The number of nitrogens with zero attached hydrogens (tertiary/aromatic N) is 1. The Labute approximate surface area is 117 Å². The Morgan fingerprint density at radius 3 is 2.89 bits per heavy atom. The van der Waals surface area contributed by atoms with Gasteiger partial charge < -0.3 is 4.74 Å². The van der Waals surface area contributed by atoms with Crippen LogP contribution in [-0.4, -0.2) is 24.6 Å². The van der Waals surface area contributed by atoms with Gasteiger partial charge in [-0.15, -0.1) is 0 Å². The Morgan fingerprint density at radius 2 is 2.11 bits per heavy atom. The van der Waals surface area contributed by atoms with Gasteiger partial charge in [0.1, 0.15) is 0 Å². The molecule has 0 saturated carbocycles. The van der Waals surface area contributed by atoms with Crippen molar-refractivity contribution in [2.24, 2.45) is 0 Å². The molecule has 1 fully saturated rings. The first-order chi connectivity index (χ1) is 9.40. The summed E-state index contributed by atoms with van der Waals surface area (Å²) in [5.74, 6) is 0. The van der Waals surface area contributed by atoms with E-state index >= 15 is 0 Å². The zero-order valence-corrected chi connectivity index (χ0v) is 11.9. The number of methoxy groups -OCH3 is 1. The van der Waals surface area contributed by atoms with Gasteiger partial charge in [0.25, 0.3) is 0 Å². The second-order valence-corrected chi connectivity index (χ2v) is 5.29. The average molecular weight is 259 g/mol. The summed E-state index contributed by atoms with van der Waals surface area (Å²) >= 11 is 0. The van der Waals surface area contributed by atoms with Crippen LogP contribution in [0.15, 0.2) is 42.7 Å². The number of allylic oxidation sites excluding steroid dienone is 1. The van der Waals surface area contributed by atoms with Crippen LogP contribution in [0.4, 0.5) is 0 Å². The molecule has 1 aliphatic rings. The van der Waals surface area contributed by atoms with Gasteiger partial charge in [0, 0.05) is 12.6 Å². The Balaban J connectivity index is 1.87. The Morgan fingerprint density at radius 1 is 1.26 bits per heavy atom. The Hall–Kier alpha value is -1.28. The van der Waals surface area contributed by atoms with Crippen LogP contribution in [0.5, 0.6) is 0 Å². The van der Waals surface area contributed by atoms with Crippen molar-refractivity contribution < 1.29 is 4.74 Å². The standard InChI is InChI=1S/C17H25NO/c1-19-14-8-6-12-17-11-5-7-13-18(17)15-16-9-3-2-4-10-16/h2-4,8-10,14,17H,5-7,11-13,15H2,1H3/t17-/m1/s1. The maximum absolute atomic E-state index is 4.96. The molecule has 0 spiro atoms. The molecule has 0 unspecified atom stereocenters. The molecule has 19 heavy (non-hydrogen) atoms. The van der Waals surface area contributed by atoms with E-state index in [2.05, 4.69) is 41.3 Å². The lowest BCUT2D eigenvalue weighted by molar-refractivity contribution is 0.133. The van der Waals surface area contributed by atoms with Crippen LogP contribution >= 0.6 is 0 Å². The summed E-state index contributed by atoms with van der Waals surface area (Å²) in [6.07, 6.45) is 10.4. The van der Waals surface area contributed by atoms with Crippen molar-refractivity contribution >= 4 is 0 Å². The predicted molar refractivity (Wildman–Crippen MR) is 79.9 cm³/mol. The molecule has 0 radical (unpaired) electrons. The van der Waals surface area contributed by atoms with Gasteiger partial charge in [-0.2, -0.15) is 0 Å². The smallest absolute Gasteiger partial charge is 0.0784 e. The Kier molecular flexibility index (Phi) is 5.96. The third-order valence-electron chi connectivity index (χ3n) is 3.88. The number of ether oxygens (including phenoxy) is 1. The fraction of sp³-hybridized carbons (Fsp3) is 0.529. The summed E-state index contributed by atoms with van der Waals surface area (Å²) in [5.41, 5.74) is 1.43. The summed E-state index contributed by atoms with van der Waals surface area (Å²) in [7, 11) is 1.71. The van der Waals surface area contributed by atoms with Crippen molar-refractivity contribution in [2.45, 2.75) is 44.7 Å². The van der Waals surface area contributed by atoms with Crippen molar-refractivity contribution in [2.75, 3.05) is 13.7 Å². The molecule has 2 rings (SSSR count). The van der Waals surface area contributed by atoms with Crippen LogP contribution in [0.2, 0.25) is 0 Å². The minimum absolute atomic E-state index is 0.732. The van der Waals surface area contributed by atoms with Crippen molar-refractivity contribution in [1.29, 1.82) is 0 Å². The van der Waals surface area contributed by atoms with Crippen LogP contribution in [0.1, 0.15) is 37.7 Å². The van der Waals surface area contributed by atoms with E-state index < -0.39 is 0 Å².